The van der Waals surface area contributed by atoms with E-state index >= 15 is 0 Å². The molecule has 1 amide bonds. The zero-order valence-corrected chi connectivity index (χ0v) is 18.1. The first-order chi connectivity index (χ1) is 13.5. The summed E-state index contributed by atoms with van der Waals surface area (Å²) in [6.07, 6.45) is 0. The molecular formula is C23H33N3OS+2. The van der Waals surface area contributed by atoms with E-state index in [0.29, 0.717) is 6.54 Å². The van der Waals surface area contributed by atoms with Gasteiger partial charge in [-0.2, -0.15) is 0 Å². The van der Waals surface area contributed by atoms with Gasteiger partial charge in [0.25, 0.3) is 5.91 Å². The first-order valence-corrected chi connectivity index (χ1v) is 11.2. The van der Waals surface area contributed by atoms with Crippen LogP contribution in [-0.4, -0.2) is 50.9 Å². The third-order valence-corrected chi connectivity index (χ3v) is 6.71. The van der Waals surface area contributed by atoms with Crippen LogP contribution in [-0.2, 0) is 4.79 Å². The molecule has 0 unspecified atom stereocenters. The van der Waals surface area contributed by atoms with Crippen LogP contribution in [0.4, 0.5) is 5.69 Å². The second kappa shape index (κ2) is 10.1. The molecule has 3 N–H and O–H groups in total. The monoisotopic (exact) mass is 399 g/mol. The summed E-state index contributed by atoms with van der Waals surface area (Å²) < 4.78 is 0. The van der Waals surface area contributed by atoms with Gasteiger partial charge in [-0.1, -0.05) is 29.8 Å². The molecule has 1 fully saturated rings. The number of anilines is 1. The van der Waals surface area contributed by atoms with Crippen LogP contribution in [0.25, 0.3) is 0 Å². The second-order valence-corrected chi connectivity index (χ2v) is 9.05. The van der Waals surface area contributed by atoms with Crippen molar-refractivity contribution in [2.75, 3.05) is 50.3 Å². The molecule has 1 heterocycles. The summed E-state index contributed by atoms with van der Waals surface area (Å²) in [7, 11) is 0. The Labute approximate surface area is 173 Å². The SMILES string of the molecule is Cc1ccc(SCC[NH+]2CC[NH+](CC(=O)Nc3cccc(C)c3C)CC2)cc1. The fourth-order valence-corrected chi connectivity index (χ4v) is 4.59. The van der Waals surface area contributed by atoms with Gasteiger partial charge in [-0.05, 0) is 50.1 Å². The van der Waals surface area contributed by atoms with Gasteiger partial charge in [0.15, 0.2) is 6.54 Å². The lowest BCUT2D eigenvalue weighted by atomic mass is 10.1. The Balaban J connectivity index is 1.36. The molecule has 1 saturated heterocycles. The number of quaternary nitrogens is 2. The number of hydrogen-bond acceptors (Lipinski definition) is 2. The van der Waals surface area contributed by atoms with Crippen LogP contribution in [0.1, 0.15) is 16.7 Å². The Kier molecular flexibility index (Phi) is 7.54. The average Bonchev–Trinajstić information content (AvgIpc) is 2.68. The Morgan fingerprint density at radius 3 is 2.36 bits per heavy atom. The molecule has 0 radical (unpaired) electrons. The van der Waals surface area contributed by atoms with Crippen molar-refractivity contribution in [3.8, 4) is 0 Å². The van der Waals surface area contributed by atoms with Gasteiger partial charge in [0.2, 0.25) is 0 Å². The largest absolute Gasteiger partial charge is 0.325 e. The van der Waals surface area contributed by atoms with Crippen LogP contribution < -0.4 is 15.1 Å². The number of carbonyl (C=O) groups is 1. The third kappa shape index (κ3) is 6.09. The first kappa shape index (κ1) is 20.9. The lowest BCUT2D eigenvalue weighted by Gasteiger charge is -2.29. The van der Waals surface area contributed by atoms with Crippen molar-refractivity contribution in [1.29, 1.82) is 0 Å². The molecule has 0 bridgehead atoms. The number of carbonyl (C=O) groups excluding carboxylic acids is 1. The van der Waals surface area contributed by atoms with Crippen LogP contribution in [0.3, 0.4) is 0 Å². The highest BCUT2D eigenvalue weighted by molar-refractivity contribution is 7.99. The van der Waals surface area contributed by atoms with Gasteiger partial charge in [-0.3, -0.25) is 4.79 Å². The molecule has 3 rings (SSSR count). The quantitative estimate of drug-likeness (QED) is 0.611. The van der Waals surface area contributed by atoms with E-state index in [4.69, 9.17) is 0 Å². The van der Waals surface area contributed by atoms with E-state index in [-0.39, 0.29) is 5.91 Å². The van der Waals surface area contributed by atoms with Crippen molar-refractivity contribution in [1.82, 2.24) is 0 Å². The van der Waals surface area contributed by atoms with Crippen LogP contribution >= 0.6 is 11.8 Å². The smallest absolute Gasteiger partial charge is 0.279 e. The number of aryl methyl sites for hydroxylation is 2. The highest BCUT2D eigenvalue weighted by Gasteiger charge is 2.24. The highest BCUT2D eigenvalue weighted by atomic mass is 32.2. The molecule has 28 heavy (non-hydrogen) atoms. The number of nitrogens with one attached hydrogen (secondary N) is 3. The predicted octanol–water partition coefficient (Wildman–Crippen LogP) is 1.13. The van der Waals surface area contributed by atoms with Gasteiger partial charge in [0, 0.05) is 16.3 Å². The van der Waals surface area contributed by atoms with Crippen LogP contribution in [0.15, 0.2) is 47.4 Å². The number of hydrogen-bond donors (Lipinski definition) is 3. The number of thioether (sulfide) groups is 1. The molecule has 0 aliphatic carbocycles. The summed E-state index contributed by atoms with van der Waals surface area (Å²) in [6, 6.07) is 14.9. The lowest BCUT2D eigenvalue weighted by molar-refractivity contribution is -1.01. The maximum absolute atomic E-state index is 12.4. The summed E-state index contributed by atoms with van der Waals surface area (Å²) in [5, 5.41) is 3.10. The molecule has 150 valence electrons. The second-order valence-electron chi connectivity index (χ2n) is 7.88. The minimum Gasteiger partial charge on any atom is -0.325 e. The van der Waals surface area contributed by atoms with Crippen molar-refractivity contribution in [3.63, 3.8) is 0 Å². The summed E-state index contributed by atoms with van der Waals surface area (Å²) in [5.41, 5.74) is 4.63. The zero-order chi connectivity index (χ0) is 19.9. The number of piperazine rings is 1. The normalized spacial score (nSPS) is 19.4. The van der Waals surface area contributed by atoms with Crippen molar-refractivity contribution in [2.45, 2.75) is 25.7 Å². The molecule has 1 aliphatic heterocycles. The topological polar surface area (TPSA) is 38.0 Å². The highest BCUT2D eigenvalue weighted by Crippen LogP contribution is 2.18. The Hall–Kier alpha value is -1.82. The Morgan fingerprint density at radius 1 is 0.964 bits per heavy atom. The third-order valence-electron chi connectivity index (χ3n) is 5.70. The lowest BCUT2D eigenvalue weighted by Crippen LogP contribution is -3.28. The van der Waals surface area contributed by atoms with E-state index in [1.807, 2.05) is 23.9 Å². The van der Waals surface area contributed by atoms with Crippen LogP contribution in [0, 0.1) is 20.8 Å². The van der Waals surface area contributed by atoms with Crippen molar-refractivity contribution < 1.29 is 14.6 Å². The van der Waals surface area contributed by atoms with E-state index in [0.717, 1.165) is 43.2 Å². The van der Waals surface area contributed by atoms with E-state index < -0.39 is 0 Å². The van der Waals surface area contributed by atoms with Crippen LogP contribution in [0.5, 0.6) is 0 Å². The maximum Gasteiger partial charge on any atom is 0.279 e. The van der Waals surface area contributed by atoms with E-state index in [1.165, 1.54) is 27.5 Å². The van der Waals surface area contributed by atoms with Crippen molar-refractivity contribution >= 4 is 23.4 Å². The van der Waals surface area contributed by atoms with Crippen molar-refractivity contribution in [2.24, 2.45) is 0 Å². The van der Waals surface area contributed by atoms with Gasteiger partial charge >= 0.3 is 0 Å². The molecule has 5 heteroatoms. The standard InChI is InChI=1S/C23H31N3OS/c1-18-7-9-21(10-8-18)28-16-15-25-11-13-26(14-12-25)17-23(27)24-22-6-4-5-19(2)20(22)3/h4-10H,11-17H2,1-3H3,(H,24,27)/p+2. The molecular weight excluding hydrogens is 366 g/mol. The van der Waals surface area contributed by atoms with Gasteiger partial charge in [0.05, 0.1) is 6.54 Å². The molecule has 4 nitrogen and oxygen atoms in total. The minimum atomic E-state index is 0.127. The Morgan fingerprint density at radius 2 is 1.64 bits per heavy atom. The van der Waals surface area contributed by atoms with Gasteiger partial charge in [-0.25, -0.2) is 0 Å². The fourth-order valence-electron chi connectivity index (χ4n) is 3.64. The summed E-state index contributed by atoms with van der Waals surface area (Å²) in [5.74, 6) is 1.28. The molecule has 0 aromatic heterocycles. The molecule has 0 atom stereocenters. The van der Waals surface area contributed by atoms with Gasteiger partial charge in [0.1, 0.15) is 26.2 Å². The Bertz CT molecular complexity index is 783. The molecule has 2 aromatic rings. The molecule has 1 aliphatic rings. The summed E-state index contributed by atoms with van der Waals surface area (Å²) in [6.45, 7) is 12.5. The maximum atomic E-state index is 12.4. The molecule has 2 aromatic carbocycles. The number of rotatable bonds is 7. The average molecular weight is 400 g/mol. The summed E-state index contributed by atoms with van der Waals surface area (Å²) in [4.78, 5) is 16.9. The van der Waals surface area contributed by atoms with Crippen molar-refractivity contribution in [3.05, 3.63) is 59.2 Å². The molecule has 0 saturated carbocycles. The fraction of sp³-hybridized carbons (Fsp3) is 0.435. The molecule has 0 spiro atoms. The first-order valence-electron chi connectivity index (χ1n) is 10.2. The van der Waals surface area contributed by atoms with Gasteiger partial charge in [-0.15, -0.1) is 11.8 Å². The zero-order valence-electron chi connectivity index (χ0n) is 17.3. The van der Waals surface area contributed by atoms with E-state index in [9.17, 15) is 4.79 Å². The number of amides is 1. The van der Waals surface area contributed by atoms with Gasteiger partial charge < -0.3 is 15.1 Å². The minimum absolute atomic E-state index is 0.127. The predicted molar refractivity (Wildman–Crippen MR) is 118 cm³/mol. The summed E-state index contributed by atoms with van der Waals surface area (Å²) >= 11 is 1.95. The van der Waals surface area contributed by atoms with E-state index in [2.05, 4.69) is 56.4 Å². The number of benzene rings is 2. The van der Waals surface area contributed by atoms with E-state index in [1.54, 1.807) is 4.90 Å². The van der Waals surface area contributed by atoms with Crippen LogP contribution in [0.2, 0.25) is 0 Å².